The van der Waals surface area contributed by atoms with Crippen molar-refractivity contribution in [3.63, 3.8) is 0 Å². The number of anilines is 1. The Morgan fingerprint density at radius 3 is 3.00 bits per heavy atom. The smallest absolute Gasteiger partial charge is 0.224 e. The highest BCUT2D eigenvalue weighted by Crippen LogP contribution is 2.22. The molecule has 2 N–H and O–H groups in total. The third-order valence-electron chi connectivity index (χ3n) is 1.67. The maximum atomic E-state index is 9.14. The summed E-state index contributed by atoms with van der Waals surface area (Å²) < 4.78 is 0. The van der Waals surface area contributed by atoms with Gasteiger partial charge in [-0.3, -0.25) is 0 Å². The van der Waals surface area contributed by atoms with Crippen molar-refractivity contribution in [2.75, 3.05) is 5.32 Å². The molecule has 0 fully saturated rings. The quantitative estimate of drug-likeness (QED) is 0.637. The summed E-state index contributed by atoms with van der Waals surface area (Å²) in [5.74, 6) is 0. The molecule has 2 rings (SSSR count). The van der Waals surface area contributed by atoms with Crippen LogP contribution in [0.2, 0.25) is 0 Å². The molecule has 0 aliphatic carbocycles. The molecule has 0 aromatic heterocycles. The fourth-order valence-corrected chi connectivity index (χ4v) is 1.39. The topological polar surface area (TPSA) is 44.6 Å². The van der Waals surface area contributed by atoms with Crippen molar-refractivity contribution in [3.8, 4) is 0 Å². The molecule has 1 aliphatic rings. The Morgan fingerprint density at radius 1 is 1.42 bits per heavy atom. The Balaban J connectivity index is 2.53. The average molecular weight is 183 g/mol. The lowest BCUT2D eigenvalue weighted by Gasteiger charge is -2.18. The van der Waals surface area contributed by atoms with Crippen LogP contribution in [0.15, 0.2) is 29.3 Å². The van der Waals surface area contributed by atoms with E-state index < -0.39 is 6.35 Å². The second-order valence-electron chi connectivity index (χ2n) is 2.48. The van der Waals surface area contributed by atoms with Crippen LogP contribution in [0.4, 0.5) is 5.69 Å². The number of aliphatic imine (C=N–C) groups is 1. The van der Waals surface area contributed by atoms with Gasteiger partial charge in [-0.2, -0.15) is 0 Å². The first kappa shape index (κ1) is 7.58. The van der Waals surface area contributed by atoms with Gasteiger partial charge in [0.05, 0.1) is 0 Å². The Hall–Kier alpha value is -1.06. The molecular weight excluding hydrogens is 176 g/mol. The summed E-state index contributed by atoms with van der Waals surface area (Å²) in [5.41, 5.74) is 1.63. The molecule has 12 heavy (non-hydrogen) atoms. The third kappa shape index (κ3) is 1.17. The molecule has 0 bridgehead atoms. The molecule has 4 heteroatoms. The van der Waals surface area contributed by atoms with Gasteiger partial charge in [0.1, 0.15) is 5.17 Å². The van der Waals surface area contributed by atoms with E-state index in [4.69, 9.17) is 16.7 Å². The van der Waals surface area contributed by atoms with Crippen molar-refractivity contribution in [2.24, 2.45) is 4.99 Å². The molecular formula is C8H7ClN2O. The number of hydrogen-bond acceptors (Lipinski definition) is 3. The second kappa shape index (κ2) is 2.77. The fraction of sp³-hybridized carbons (Fsp3) is 0.125. The van der Waals surface area contributed by atoms with E-state index in [1.807, 2.05) is 24.3 Å². The second-order valence-corrected chi connectivity index (χ2v) is 2.84. The lowest BCUT2D eigenvalue weighted by atomic mass is 10.2. The Kier molecular flexibility index (Phi) is 1.75. The fourth-order valence-electron chi connectivity index (χ4n) is 1.14. The lowest BCUT2D eigenvalue weighted by Crippen LogP contribution is -2.23. The zero-order valence-electron chi connectivity index (χ0n) is 6.16. The molecule has 0 saturated heterocycles. The summed E-state index contributed by atoms with van der Waals surface area (Å²) in [6.07, 6.45) is -0.924. The zero-order chi connectivity index (χ0) is 8.55. The van der Waals surface area contributed by atoms with E-state index in [0.29, 0.717) is 5.17 Å². The number of benzene rings is 1. The first-order valence-electron chi connectivity index (χ1n) is 3.55. The molecule has 1 atom stereocenters. The van der Waals surface area contributed by atoms with E-state index in [1.165, 1.54) is 0 Å². The molecule has 1 unspecified atom stereocenters. The number of nitrogens with zero attached hydrogens (tertiary/aromatic N) is 1. The SMILES string of the molecule is OC1N=C(Cl)c2ccccc2N1. The van der Waals surface area contributed by atoms with Crippen LogP contribution in [0, 0.1) is 0 Å². The molecule has 62 valence electrons. The van der Waals surface area contributed by atoms with Gasteiger partial charge < -0.3 is 10.4 Å². The normalized spacial score (nSPS) is 20.8. The number of aliphatic hydroxyl groups is 1. The number of rotatable bonds is 0. The summed E-state index contributed by atoms with van der Waals surface area (Å²) in [7, 11) is 0. The van der Waals surface area contributed by atoms with E-state index in [-0.39, 0.29) is 0 Å². The highest BCUT2D eigenvalue weighted by Gasteiger charge is 2.15. The Bertz CT molecular complexity index is 338. The van der Waals surface area contributed by atoms with E-state index in [2.05, 4.69) is 10.3 Å². The molecule has 0 saturated carbocycles. The van der Waals surface area contributed by atoms with Gasteiger partial charge in [0.25, 0.3) is 0 Å². The number of halogens is 1. The predicted molar refractivity (Wildman–Crippen MR) is 48.5 cm³/mol. The Labute approximate surface area is 74.7 Å². The summed E-state index contributed by atoms with van der Waals surface area (Å²) in [6, 6.07) is 7.43. The molecule has 1 aromatic rings. The molecule has 0 spiro atoms. The molecule has 0 amide bonds. The van der Waals surface area contributed by atoms with Crippen LogP contribution in [0.1, 0.15) is 5.56 Å². The van der Waals surface area contributed by atoms with Gasteiger partial charge >= 0.3 is 0 Å². The number of hydrogen-bond donors (Lipinski definition) is 2. The minimum atomic E-state index is -0.924. The van der Waals surface area contributed by atoms with Crippen LogP contribution in [-0.2, 0) is 0 Å². The summed E-state index contributed by atoms with van der Waals surface area (Å²) >= 11 is 5.79. The molecule has 0 radical (unpaired) electrons. The number of nitrogens with one attached hydrogen (secondary N) is 1. The van der Waals surface area contributed by atoms with Crippen LogP contribution >= 0.6 is 11.6 Å². The largest absolute Gasteiger partial charge is 0.355 e. The van der Waals surface area contributed by atoms with Gasteiger partial charge in [-0.1, -0.05) is 23.7 Å². The minimum absolute atomic E-state index is 0.344. The van der Waals surface area contributed by atoms with Gasteiger partial charge in [-0.05, 0) is 12.1 Å². The molecule has 1 heterocycles. The summed E-state index contributed by atoms with van der Waals surface area (Å²) in [4.78, 5) is 3.75. The highest BCUT2D eigenvalue weighted by atomic mass is 35.5. The van der Waals surface area contributed by atoms with Crippen molar-refractivity contribution in [3.05, 3.63) is 29.8 Å². The maximum Gasteiger partial charge on any atom is 0.224 e. The molecule has 1 aliphatic heterocycles. The van der Waals surface area contributed by atoms with Crippen LogP contribution in [0.5, 0.6) is 0 Å². The van der Waals surface area contributed by atoms with Gasteiger partial charge in [0, 0.05) is 11.3 Å². The Morgan fingerprint density at radius 2 is 2.17 bits per heavy atom. The maximum absolute atomic E-state index is 9.14. The monoisotopic (exact) mass is 182 g/mol. The summed E-state index contributed by atoms with van der Waals surface area (Å²) in [5, 5.41) is 12.3. The minimum Gasteiger partial charge on any atom is -0.355 e. The first-order chi connectivity index (χ1) is 5.77. The van der Waals surface area contributed by atoms with Crippen molar-refractivity contribution in [1.82, 2.24) is 0 Å². The van der Waals surface area contributed by atoms with E-state index in [9.17, 15) is 0 Å². The van der Waals surface area contributed by atoms with E-state index >= 15 is 0 Å². The van der Waals surface area contributed by atoms with Crippen LogP contribution in [0.25, 0.3) is 0 Å². The van der Waals surface area contributed by atoms with Crippen LogP contribution < -0.4 is 5.32 Å². The van der Waals surface area contributed by atoms with Crippen molar-refractivity contribution < 1.29 is 5.11 Å². The standard InChI is InChI=1S/C8H7ClN2O/c9-7-5-3-1-2-4-6(5)10-8(12)11-7/h1-4,8,10,12H. The highest BCUT2D eigenvalue weighted by molar-refractivity contribution is 6.70. The van der Waals surface area contributed by atoms with Gasteiger partial charge in [0.2, 0.25) is 6.35 Å². The van der Waals surface area contributed by atoms with Crippen LogP contribution in [-0.4, -0.2) is 16.6 Å². The number of para-hydroxylation sites is 1. The first-order valence-corrected chi connectivity index (χ1v) is 3.92. The predicted octanol–water partition coefficient (Wildman–Crippen LogP) is 1.37. The van der Waals surface area contributed by atoms with Crippen LogP contribution in [0.3, 0.4) is 0 Å². The molecule has 3 nitrogen and oxygen atoms in total. The van der Waals surface area contributed by atoms with Crippen molar-refractivity contribution in [1.29, 1.82) is 0 Å². The van der Waals surface area contributed by atoms with Gasteiger partial charge in [0.15, 0.2) is 0 Å². The van der Waals surface area contributed by atoms with Gasteiger partial charge in [-0.15, -0.1) is 0 Å². The zero-order valence-corrected chi connectivity index (χ0v) is 6.92. The van der Waals surface area contributed by atoms with Crippen molar-refractivity contribution in [2.45, 2.75) is 6.35 Å². The molecule has 1 aromatic carbocycles. The summed E-state index contributed by atoms with van der Waals surface area (Å²) in [6.45, 7) is 0. The third-order valence-corrected chi connectivity index (χ3v) is 1.97. The van der Waals surface area contributed by atoms with E-state index in [1.54, 1.807) is 0 Å². The van der Waals surface area contributed by atoms with Crippen molar-refractivity contribution >= 4 is 22.5 Å². The number of fused-ring (bicyclic) bond motifs is 1. The van der Waals surface area contributed by atoms with E-state index in [0.717, 1.165) is 11.3 Å². The lowest BCUT2D eigenvalue weighted by molar-refractivity contribution is 0.213. The average Bonchev–Trinajstić information content (AvgIpc) is 2.04. The van der Waals surface area contributed by atoms with Gasteiger partial charge in [-0.25, -0.2) is 4.99 Å². The number of aliphatic hydroxyl groups excluding tert-OH is 1.